The average molecular weight is 313 g/mol. The second-order valence-electron chi connectivity index (χ2n) is 4.51. The molecule has 1 amide bonds. The number of benzene rings is 1. The molecule has 1 saturated heterocycles. The second kappa shape index (κ2) is 6.31. The fourth-order valence-corrected chi connectivity index (χ4v) is 2.35. The number of aliphatic hydroxyl groups is 1. The fourth-order valence-electron chi connectivity index (χ4n) is 2.09. The van der Waals surface area contributed by atoms with Gasteiger partial charge in [-0.15, -0.1) is 0 Å². The largest absolute Gasteiger partial charge is 0.387 e. The fraction of sp³-hybridized carbons (Fsp3) is 0.462. The molecular weight excluding hydrogens is 296 g/mol. The number of rotatable bonds is 4. The highest BCUT2D eigenvalue weighted by atomic mass is 79.9. The van der Waals surface area contributed by atoms with Crippen LogP contribution in [0.25, 0.3) is 0 Å². The lowest BCUT2D eigenvalue weighted by Crippen LogP contribution is -2.46. The first-order chi connectivity index (χ1) is 8.69. The Hall–Kier alpha value is -0.910. The minimum Gasteiger partial charge on any atom is -0.387 e. The van der Waals surface area contributed by atoms with Crippen LogP contribution in [-0.4, -0.2) is 54.0 Å². The van der Waals surface area contributed by atoms with Crippen LogP contribution in [0.3, 0.4) is 0 Å². The lowest BCUT2D eigenvalue weighted by Gasteiger charge is -2.33. The molecule has 0 bridgehead atoms. The van der Waals surface area contributed by atoms with Crippen molar-refractivity contribution in [2.45, 2.75) is 6.10 Å². The monoisotopic (exact) mass is 312 g/mol. The number of hydrogen-bond acceptors (Lipinski definition) is 3. The third-order valence-corrected chi connectivity index (χ3v) is 3.77. The summed E-state index contributed by atoms with van der Waals surface area (Å²) in [4.78, 5) is 14.5. The van der Waals surface area contributed by atoms with Gasteiger partial charge in [-0.1, -0.05) is 28.1 Å². The number of piperazine rings is 1. The van der Waals surface area contributed by atoms with Gasteiger partial charge >= 0.3 is 0 Å². The number of aliphatic hydroxyl groups excluding tert-OH is 1. The highest BCUT2D eigenvalue weighted by Crippen LogP contribution is 2.18. The topological polar surface area (TPSA) is 43.8 Å². The normalized spacial score (nSPS) is 18.7. The van der Waals surface area contributed by atoms with Gasteiger partial charge in [0.15, 0.2) is 0 Å². The van der Waals surface area contributed by atoms with E-state index in [1.807, 2.05) is 24.3 Å². The number of nitrogens with zero attached hydrogens (tertiary/aromatic N) is 2. The average Bonchev–Trinajstić information content (AvgIpc) is 2.40. The van der Waals surface area contributed by atoms with Crippen LogP contribution in [-0.2, 0) is 4.79 Å². The molecule has 1 aromatic rings. The van der Waals surface area contributed by atoms with Crippen LogP contribution in [0.1, 0.15) is 11.7 Å². The zero-order valence-electron chi connectivity index (χ0n) is 10.1. The third-order valence-electron chi connectivity index (χ3n) is 3.24. The summed E-state index contributed by atoms with van der Waals surface area (Å²) in [7, 11) is 0. The van der Waals surface area contributed by atoms with Crippen molar-refractivity contribution < 1.29 is 9.90 Å². The molecule has 1 fully saturated rings. The van der Waals surface area contributed by atoms with Crippen LogP contribution in [0.4, 0.5) is 0 Å². The molecule has 0 saturated carbocycles. The first kappa shape index (κ1) is 13.5. The zero-order chi connectivity index (χ0) is 13.0. The summed E-state index contributed by atoms with van der Waals surface area (Å²) >= 11 is 3.38. The molecule has 18 heavy (non-hydrogen) atoms. The molecule has 1 atom stereocenters. The van der Waals surface area contributed by atoms with Crippen LogP contribution in [0.5, 0.6) is 0 Å². The first-order valence-electron chi connectivity index (χ1n) is 6.04. The lowest BCUT2D eigenvalue weighted by molar-refractivity contribution is -0.119. The summed E-state index contributed by atoms with van der Waals surface area (Å²) in [5.41, 5.74) is 0.927. The molecule has 0 radical (unpaired) electrons. The van der Waals surface area contributed by atoms with Crippen molar-refractivity contribution in [1.82, 2.24) is 9.80 Å². The number of carbonyl (C=O) groups excluding carboxylic acids is 1. The quantitative estimate of drug-likeness (QED) is 0.851. The summed E-state index contributed by atoms with van der Waals surface area (Å²) in [5.74, 6) is 0. The Balaban J connectivity index is 1.86. The van der Waals surface area contributed by atoms with Crippen LogP contribution < -0.4 is 0 Å². The van der Waals surface area contributed by atoms with E-state index < -0.39 is 6.10 Å². The number of carbonyl (C=O) groups is 1. The number of hydrogen-bond donors (Lipinski definition) is 1. The van der Waals surface area contributed by atoms with E-state index in [9.17, 15) is 9.90 Å². The molecule has 98 valence electrons. The van der Waals surface area contributed by atoms with Crippen LogP contribution in [0, 0.1) is 0 Å². The van der Waals surface area contributed by atoms with Gasteiger partial charge < -0.3 is 10.0 Å². The molecule has 4 nitrogen and oxygen atoms in total. The van der Waals surface area contributed by atoms with Gasteiger partial charge in [0.25, 0.3) is 0 Å². The van der Waals surface area contributed by atoms with E-state index in [4.69, 9.17) is 0 Å². The maximum atomic E-state index is 10.6. The Labute approximate surface area is 115 Å². The molecule has 0 aromatic heterocycles. The molecule has 0 spiro atoms. The van der Waals surface area contributed by atoms with E-state index in [1.54, 1.807) is 4.90 Å². The summed E-state index contributed by atoms with van der Waals surface area (Å²) in [6.07, 6.45) is 0.420. The van der Waals surface area contributed by atoms with Gasteiger partial charge in [-0.05, 0) is 17.7 Å². The predicted octanol–water partition coefficient (Wildman–Crippen LogP) is 1.26. The molecule has 2 rings (SSSR count). The van der Waals surface area contributed by atoms with Gasteiger partial charge in [-0.3, -0.25) is 9.69 Å². The van der Waals surface area contributed by atoms with Gasteiger partial charge in [0.05, 0.1) is 6.10 Å². The minimum absolute atomic E-state index is 0.471. The van der Waals surface area contributed by atoms with Crippen molar-refractivity contribution in [3.8, 4) is 0 Å². The Kier molecular flexibility index (Phi) is 4.74. The van der Waals surface area contributed by atoms with Crippen LogP contribution >= 0.6 is 15.9 Å². The lowest BCUT2D eigenvalue weighted by atomic mass is 10.1. The van der Waals surface area contributed by atoms with Crippen molar-refractivity contribution in [1.29, 1.82) is 0 Å². The molecule has 0 aliphatic carbocycles. The number of amides is 1. The van der Waals surface area contributed by atoms with E-state index in [1.165, 1.54) is 0 Å². The second-order valence-corrected chi connectivity index (χ2v) is 5.43. The van der Waals surface area contributed by atoms with Crippen LogP contribution in [0.15, 0.2) is 28.7 Å². The van der Waals surface area contributed by atoms with Gasteiger partial charge in [-0.25, -0.2) is 0 Å². The smallest absolute Gasteiger partial charge is 0.209 e. The van der Waals surface area contributed by atoms with Gasteiger partial charge in [0.2, 0.25) is 6.41 Å². The molecule has 1 aromatic carbocycles. The van der Waals surface area contributed by atoms with Gasteiger partial charge in [-0.2, -0.15) is 0 Å². The highest BCUT2D eigenvalue weighted by molar-refractivity contribution is 9.10. The van der Waals surface area contributed by atoms with E-state index in [2.05, 4.69) is 20.8 Å². The SMILES string of the molecule is O=CN1CCN(CC(O)c2ccc(Br)cc2)CC1. The van der Waals surface area contributed by atoms with Crippen molar-refractivity contribution in [3.05, 3.63) is 34.3 Å². The summed E-state index contributed by atoms with van der Waals surface area (Å²) in [5, 5.41) is 10.1. The Bertz CT molecular complexity index is 388. The van der Waals surface area contributed by atoms with Crippen molar-refractivity contribution in [2.24, 2.45) is 0 Å². The number of halogens is 1. The summed E-state index contributed by atoms with van der Waals surface area (Å²) < 4.78 is 1.01. The van der Waals surface area contributed by atoms with Crippen molar-refractivity contribution >= 4 is 22.3 Å². The minimum atomic E-state index is -0.471. The molecule has 1 unspecified atom stereocenters. The van der Waals surface area contributed by atoms with E-state index in [-0.39, 0.29) is 0 Å². The Morgan fingerprint density at radius 1 is 1.22 bits per heavy atom. The number of β-amino-alcohol motifs (C(OH)–C–C–N with tert-alkyl or cyclic N) is 1. The van der Waals surface area contributed by atoms with Crippen molar-refractivity contribution in [3.63, 3.8) is 0 Å². The molecule has 1 heterocycles. The molecule has 5 heteroatoms. The zero-order valence-corrected chi connectivity index (χ0v) is 11.7. The maximum absolute atomic E-state index is 10.6. The predicted molar refractivity (Wildman–Crippen MR) is 73.2 cm³/mol. The summed E-state index contributed by atoms with van der Waals surface area (Å²) in [6, 6.07) is 7.72. The Morgan fingerprint density at radius 2 is 1.83 bits per heavy atom. The van der Waals surface area contributed by atoms with Gasteiger partial charge in [0.1, 0.15) is 0 Å². The van der Waals surface area contributed by atoms with E-state index in [0.717, 1.165) is 42.6 Å². The maximum Gasteiger partial charge on any atom is 0.209 e. The first-order valence-corrected chi connectivity index (χ1v) is 6.83. The molecule has 1 N–H and O–H groups in total. The standard InChI is InChI=1S/C13H17BrN2O2/c14-12-3-1-11(2-4-12)13(18)9-15-5-7-16(10-17)8-6-15/h1-4,10,13,18H,5-9H2. The van der Waals surface area contributed by atoms with E-state index >= 15 is 0 Å². The van der Waals surface area contributed by atoms with E-state index in [0.29, 0.717) is 6.54 Å². The van der Waals surface area contributed by atoms with Crippen molar-refractivity contribution in [2.75, 3.05) is 32.7 Å². The summed E-state index contributed by atoms with van der Waals surface area (Å²) in [6.45, 7) is 3.76. The van der Waals surface area contributed by atoms with Gasteiger partial charge in [0, 0.05) is 37.2 Å². The third kappa shape index (κ3) is 3.54. The highest BCUT2D eigenvalue weighted by Gasteiger charge is 2.18. The van der Waals surface area contributed by atoms with Crippen LogP contribution in [0.2, 0.25) is 0 Å². The molecular formula is C13H17BrN2O2. The Morgan fingerprint density at radius 3 is 2.39 bits per heavy atom. The molecule has 1 aliphatic heterocycles. The molecule has 1 aliphatic rings.